The molecule has 0 fully saturated rings. The molecular formula is C15H25ClO2. The van der Waals surface area contributed by atoms with Gasteiger partial charge in [0.05, 0.1) is 13.7 Å². The molecule has 2 nitrogen and oxygen atoms in total. The van der Waals surface area contributed by atoms with Crippen LogP contribution in [0.2, 0.25) is 0 Å². The minimum atomic E-state index is 0.497. The Labute approximate surface area is 116 Å². The van der Waals surface area contributed by atoms with Crippen molar-refractivity contribution in [2.75, 3.05) is 19.6 Å². The van der Waals surface area contributed by atoms with Gasteiger partial charge in [-0.3, -0.25) is 0 Å². The first kappa shape index (κ1) is 17.1. The van der Waals surface area contributed by atoms with Crippen LogP contribution in [0, 0.1) is 0 Å². The highest BCUT2D eigenvalue weighted by Gasteiger charge is 2.04. The van der Waals surface area contributed by atoms with Crippen LogP contribution in [0.5, 0.6) is 0 Å². The first-order chi connectivity index (χ1) is 8.79. The lowest BCUT2D eigenvalue weighted by molar-refractivity contribution is 0.171. The highest BCUT2D eigenvalue weighted by Crippen LogP contribution is 2.13. The largest absolute Gasteiger partial charge is 0.493 e. The van der Waals surface area contributed by atoms with Crippen LogP contribution in [0.25, 0.3) is 0 Å². The molecule has 104 valence electrons. The molecule has 0 aliphatic carbocycles. The van der Waals surface area contributed by atoms with Crippen LogP contribution in [0.4, 0.5) is 0 Å². The number of ether oxygens (including phenoxy) is 2. The van der Waals surface area contributed by atoms with E-state index in [0.29, 0.717) is 5.88 Å². The topological polar surface area (TPSA) is 18.5 Å². The summed E-state index contributed by atoms with van der Waals surface area (Å²) >= 11 is 5.57. The predicted molar refractivity (Wildman–Crippen MR) is 78.8 cm³/mol. The van der Waals surface area contributed by atoms with Crippen molar-refractivity contribution < 1.29 is 9.47 Å². The zero-order valence-corrected chi connectivity index (χ0v) is 12.5. The van der Waals surface area contributed by atoms with Gasteiger partial charge in [0, 0.05) is 5.88 Å². The fourth-order valence-electron chi connectivity index (χ4n) is 1.47. The fourth-order valence-corrected chi connectivity index (χ4v) is 1.57. The van der Waals surface area contributed by atoms with E-state index in [0.717, 1.165) is 24.5 Å². The summed E-state index contributed by atoms with van der Waals surface area (Å²) in [6.45, 7) is 4.88. The summed E-state index contributed by atoms with van der Waals surface area (Å²) in [7, 11) is 1.64. The molecule has 0 N–H and O–H groups in total. The molecule has 3 heteroatoms. The number of hydrogen-bond acceptors (Lipinski definition) is 2. The van der Waals surface area contributed by atoms with Crippen LogP contribution >= 0.6 is 11.6 Å². The van der Waals surface area contributed by atoms with Gasteiger partial charge in [-0.15, -0.1) is 11.6 Å². The second-order valence-corrected chi connectivity index (χ2v) is 4.19. The second-order valence-electron chi connectivity index (χ2n) is 3.88. The van der Waals surface area contributed by atoms with Crippen LogP contribution in [0.15, 0.2) is 35.8 Å². The first-order valence-corrected chi connectivity index (χ1v) is 7.09. The van der Waals surface area contributed by atoms with Crippen LogP contribution in [0.3, 0.4) is 0 Å². The Morgan fingerprint density at radius 3 is 2.50 bits per heavy atom. The van der Waals surface area contributed by atoms with Gasteiger partial charge in [-0.1, -0.05) is 38.3 Å². The molecule has 0 aromatic heterocycles. The highest BCUT2D eigenvalue weighted by atomic mass is 35.5. The van der Waals surface area contributed by atoms with E-state index in [1.165, 1.54) is 19.3 Å². The lowest BCUT2D eigenvalue weighted by atomic mass is 10.2. The van der Waals surface area contributed by atoms with Crippen molar-refractivity contribution in [2.24, 2.45) is 0 Å². The molecule has 0 atom stereocenters. The lowest BCUT2D eigenvalue weighted by Crippen LogP contribution is -2.00. The molecule has 0 aliphatic heterocycles. The van der Waals surface area contributed by atoms with Crippen LogP contribution in [-0.4, -0.2) is 19.6 Å². The molecular weight excluding hydrogens is 248 g/mol. The molecule has 0 heterocycles. The smallest absolute Gasteiger partial charge is 0.160 e. The van der Waals surface area contributed by atoms with E-state index in [1.807, 2.05) is 31.2 Å². The third kappa shape index (κ3) is 8.24. The maximum atomic E-state index is 5.72. The molecule has 18 heavy (non-hydrogen) atoms. The third-order valence-electron chi connectivity index (χ3n) is 2.45. The van der Waals surface area contributed by atoms with Gasteiger partial charge in [0.2, 0.25) is 0 Å². The Hall–Kier alpha value is -0.890. The summed E-state index contributed by atoms with van der Waals surface area (Å²) in [5, 5.41) is 0. The van der Waals surface area contributed by atoms with Crippen molar-refractivity contribution in [1.82, 2.24) is 0 Å². The average Bonchev–Trinajstić information content (AvgIpc) is 2.40. The normalized spacial score (nSPS) is 13.1. The molecule has 0 saturated heterocycles. The molecule has 0 aromatic carbocycles. The number of rotatable bonds is 10. The molecule has 0 saturated carbocycles. The number of hydrogen-bond donors (Lipinski definition) is 0. The van der Waals surface area contributed by atoms with Gasteiger partial charge in [-0.25, -0.2) is 0 Å². The minimum absolute atomic E-state index is 0.497. The molecule has 0 amide bonds. The third-order valence-corrected chi connectivity index (χ3v) is 2.63. The van der Waals surface area contributed by atoms with Crippen LogP contribution in [-0.2, 0) is 9.47 Å². The number of allylic oxidation sites excluding steroid dienone is 4. The van der Waals surface area contributed by atoms with Gasteiger partial charge < -0.3 is 9.47 Å². The summed E-state index contributed by atoms with van der Waals surface area (Å²) in [5.41, 5.74) is 0. The van der Waals surface area contributed by atoms with E-state index >= 15 is 0 Å². The van der Waals surface area contributed by atoms with Crippen LogP contribution in [0.1, 0.15) is 39.5 Å². The number of unbranched alkanes of at least 4 members (excludes halogenated alkanes) is 3. The maximum absolute atomic E-state index is 5.72. The molecule has 0 spiro atoms. The lowest BCUT2D eigenvalue weighted by Gasteiger charge is -2.12. The SMILES string of the molecule is C\C=C(OCCCCCC)/C(=C\C=C\CCl)OC. The minimum Gasteiger partial charge on any atom is -0.493 e. The Bertz CT molecular complexity index is 280. The number of methoxy groups -OCH3 is 1. The maximum Gasteiger partial charge on any atom is 0.160 e. The molecule has 0 rings (SSSR count). The van der Waals surface area contributed by atoms with E-state index in [9.17, 15) is 0 Å². The Morgan fingerprint density at radius 2 is 1.94 bits per heavy atom. The van der Waals surface area contributed by atoms with Crippen molar-refractivity contribution in [1.29, 1.82) is 0 Å². The quantitative estimate of drug-likeness (QED) is 0.246. The molecule has 0 radical (unpaired) electrons. The predicted octanol–water partition coefficient (Wildman–Crippen LogP) is 4.81. The van der Waals surface area contributed by atoms with Gasteiger partial charge in [0.1, 0.15) is 0 Å². The van der Waals surface area contributed by atoms with E-state index in [2.05, 4.69) is 6.92 Å². The zero-order chi connectivity index (χ0) is 13.6. The van der Waals surface area contributed by atoms with Crippen LogP contribution < -0.4 is 0 Å². The second kappa shape index (κ2) is 12.6. The standard InChI is InChI=1S/C15H25ClO2/c1-4-6-7-10-13-18-14(5-2)15(17-3)11-8-9-12-16/h5,8-9,11H,4,6-7,10,12-13H2,1-3H3/b9-8+,14-5+,15-11+. The summed E-state index contributed by atoms with van der Waals surface area (Å²) in [6, 6.07) is 0. The Morgan fingerprint density at radius 1 is 1.17 bits per heavy atom. The van der Waals surface area contributed by atoms with Crippen molar-refractivity contribution in [3.8, 4) is 0 Å². The van der Waals surface area contributed by atoms with Crippen molar-refractivity contribution >= 4 is 11.6 Å². The summed E-state index contributed by atoms with van der Waals surface area (Å²) in [6.07, 6.45) is 12.3. The molecule has 0 unspecified atom stereocenters. The number of halogens is 1. The van der Waals surface area contributed by atoms with Crippen molar-refractivity contribution in [3.05, 3.63) is 35.8 Å². The zero-order valence-electron chi connectivity index (χ0n) is 11.7. The van der Waals surface area contributed by atoms with E-state index in [-0.39, 0.29) is 0 Å². The fraction of sp³-hybridized carbons (Fsp3) is 0.600. The van der Waals surface area contributed by atoms with E-state index in [1.54, 1.807) is 7.11 Å². The average molecular weight is 273 g/mol. The van der Waals surface area contributed by atoms with Gasteiger partial charge in [-0.2, -0.15) is 0 Å². The molecule has 0 aromatic rings. The summed E-state index contributed by atoms with van der Waals surface area (Å²) < 4.78 is 11.0. The molecule has 0 aliphatic rings. The Kier molecular flexibility index (Phi) is 11.9. The van der Waals surface area contributed by atoms with Gasteiger partial charge in [0.25, 0.3) is 0 Å². The Balaban J connectivity index is 4.20. The highest BCUT2D eigenvalue weighted by molar-refractivity contribution is 6.18. The van der Waals surface area contributed by atoms with Gasteiger partial charge >= 0.3 is 0 Å². The van der Waals surface area contributed by atoms with Gasteiger partial charge in [-0.05, 0) is 25.5 Å². The van der Waals surface area contributed by atoms with Crippen molar-refractivity contribution in [2.45, 2.75) is 39.5 Å². The summed E-state index contributed by atoms with van der Waals surface area (Å²) in [5.74, 6) is 2.01. The monoisotopic (exact) mass is 272 g/mol. The number of alkyl halides is 1. The first-order valence-electron chi connectivity index (χ1n) is 6.56. The summed E-state index contributed by atoms with van der Waals surface area (Å²) in [4.78, 5) is 0. The van der Waals surface area contributed by atoms with Gasteiger partial charge in [0.15, 0.2) is 11.5 Å². The van der Waals surface area contributed by atoms with Crippen molar-refractivity contribution in [3.63, 3.8) is 0 Å². The van der Waals surface area contributed by atoms with E-state index in [4.69, 9.17) is 21.1 Å². The molecule has 0 bridgehead atoms. The van der Waals surface area contributed by atoms with E-state index < -0.39 is 0 Å².